The Kier molecular flexibility index (Phi) is 7.57. The summed E-state index contributed by atoms with van der Waals surface area (Å²) in [5.74, 6) is 0.983. The monoisotopic (exact) mass is 263 g/mol. The van der Waals surface area contributed by atoms with Gasteiger partial charge >= 0.3 is 0 Å². The fraction of sp³-hybridized carbons (Fsp3) is 0.647. The molecule has 0 saturated heterocycles. The van der Waals surface area contributed by atoms with Gasteiger partial charge in [0.05, 0.1) is 0 Å². The molecule has 0 heterocycles. The summed E-state index contributed by atoms with van der Waals surface area (Å²) < 4.78 is 6.17. The number of nitrogens with one attached hydrogen (secondary N) is 1. The molecule has 0 spiro atoms. The van der Waals surface area contributed by atoms with Crippen molar-refractivity contribution in [2.75, 3.05) is 6.54 Å². The van der Waals surface area contributed by atoms with Crippen LogP contribution < -0.4 is 10.1 Å². The fourth-order valence-corrected chi connectivity index (χ4v) is 2.30. The van der Waals surface area contributed by atoms with Crippen LogP contribution in [-0.4, -0.2) is 18.7 Å². The Bertz CT molecular complexity index is 334. The lowest BCUT2D eigenvalue weighted by Crippen LogP contribution is -2.43. The Morgan fingerprint density at radius 1 is 1.05 bits per heavy atom. The van der Waals surface area contributed by atoms with E-state index in [1.54, 1.807) is 0 Å². The summed E-state index contributed by atoms with van der Waals surface area (Å²) in [6, 6.07) is 8.81. The van der Waals surface area contributed by atoms with E-state index in [0.29, 0.717) is 6.04 Å². The van der Waals surface area contributed by atoms with E-state index < -0.39 is 0 Å². The molecule has 2 atom stereocenters. The Labute approximate surface area is 118 Å². The molecule has 0 amide bonds. The Balaban J connectivity index is 2.64. The molecule has 1 N–H and O–H groups in total. The Morgan fingerprint density at radius 3 is 2.26 bits per heavy atom. The van der Waals surface area contributed by atoms with E-state index >= 15 is 0 Å². The average molecular weight is 263 g/mol. The smallest absolute Gasteiger partial charge is 0.119 e. The van der Waals surface area contributed by atoms with Crippen LogP contribution in [0, 0.1) is 6.92 Å². The Morgan fingerprint density at radius 2 is 1.74 bits per heavy atom. The summed E-state index contributed by atoms with van der Waals surface area (Å²) in [5, 5.41) is 3.63. The maximum Gasteiger partial charge on any atom is 0.119 e. The first-order chi connectivity index (χ1) is 9.21. The van der Waals surface area contributed by atoms with Crippen molar-refractivity contribution >= 4 is 0 Å². The van der Waals surface area contributed by atoms with Gasteiger partial charge in [0.25, 0.3) is 0 Å². The molecule has 2 nitrogen and oxygen atoms in total. The van der Waals surface area contributed by atoms with Crippen molar-refractivity contribution < 1.29 is 4.74 Å². The second-order valence-corrected chi connectivity index (χ2v) is 5.23. The summed E-state index contributed by atoms with van der Waals surface area (Å²) in [4.78, 5) is 0. The summed E-state index contributed by atoms with van der Waals surface area (Å²) in [7, 11) is 0. The van der Waals surface area contributed by atoms with E-state index in [9.17, 15) is 0 Å². The molecule has 0 aromatic heterocycles. The van der Waals surface area contributed by atoms with Crippen LogP contribution in [0.2, 0.25) is 0 Å². The topological polar surface area (TPSA) is 21.3 Å². The zero-order chi connectivity index (χ0) is 14.1. The predicted octanol–water partition coefficient (Wildman–Crippen LogP) is 4.32. The van der Waals surface area contributed by atoms with Crippen LogP contribution in [0.4, 0.5) is 0 Å². The quantitative estimate of drug-likeness (QED) is 0.716. The maximum absolute atomic E-state index is 6.17. The summed E-state index contributed by atoms with van der Waals surface area (Å²) >= 11 is 0. The minimum absolute atomic E-state index is 0.259. The van der Waals surface area contributed by atoms with E-state index in [1.807, 2.05) is 0 Å². The first kappa shape index (κ1) is 16.0. The van der Waals surface area contributed by atoms with Gasteiger partial charge in [0.2, 0.25) is 0 Å². The third-order valence-corrected chi connectivity index (χ3v) is 3.42. The third-order valence-electron chi connectivity index (χ3n) is 3.42. The lowest BCUT2D eigenvalue weighted by Gasteiger charge is -2.28. The zero-order valence-electron chi connectivity index (χ0n) is 12.9. The highest BCUT2D eigenvalue weighted by molar-refractivity contribution is 5.26. The molecule has 1 aromatic carbocycles. The lowest BCUT2D eigenvalue weighted by atomic mass is 10.0. The van der Waals surface area contributed by atoms with Gasteiger partial charge in [-0.25, -0.2) is 0 Å². The van der Waals surface area contributed by atoms with Crippen molar-refractivity contribution in [3.8, 4) is 5.75 Å². The number of hydrogen-bond acceptors (Lipinski definition) is 2. The molecule has 0 aliphatic carbocycles. The molecule has 2 heteroatoms. The van der Waals surface area contributed by atoms with Crippen LogP contribution in [0.25, 0.3) is 0 Å². The van der Waals surface area contributed by atoms with Crippen molar-refractivity contribution in [2.45, 2.75) is 65.5 Å². The van der Waals surface area contributed by atoms with E-state index in [2.05, 4.69) is 57.3 Å². The summed E-state index contributed by atoms with van der Waals surface area (Å²) in [6.07, 6.45) is 4.82. The molecule has 0 aliphatic rings. The molecule has 2 unspecified atom stereocenters. The highest BCUT2D eigenvalue weighted by Gasteiger charge is 2.20. The molecule has 0 aliphatic heterocycles. The van der Waals surface area contributed by atoms with Gasteiger partial charge in [0.15, 0.2) is 0 Å². The van der Waals surface area contributed by atoms with Gasteiger partial charge in [-0.15, -0.1) is 0 Å². The van der Waals surface area contributed by atoms with Gasteiger partial charge in [-0.1, -0.05) is 44.9 Å². The summed E-state index contributed by atoms with van der Waals surface area (Å²) in [5.41, 5.74) is 1.27. The number of benzene rings is 1. The largest absolute Gasteiger partial charge is 0.489 e. The first-order valence-corrected chi connectivity index (χ1v) is 7.67. The second-order valence-electron chi connectivity index (χ2n) is 5.23. The van der Waals surface area contributed by atoms with Gasteiger partial charge in [-0.3, -0.25) is 0 Å². The van der Waals surface area contributed by atoms with E-state index in [0.717, 1.165) is 18.7 Å². The molecule has 1 rings (SSSR count). The molecule has 108 valence electrons. The fourth-order valence-electron chi connectivity index (χ4n) is 2.30. The molecule has 0 radical (unpaired) electrons. The molecule has 0 fully saturated rings. The summed E-state index contributed by atoms with van der Waals surface area (Å²) in [6.45, 7) is 9.81. The van der Waals surface area contributed by atoms with Gasteiger partial charge in [0, 0.05) is 6.04 Å². The van der Waals surface area contributed by atoms with Gasteiger partial charge < -0.3 is 10.1 Å². The van der Waals surface area contributed by atoms with E-state index in [4.69, 9.17) is 4.74 Å². The van der Waals surface area contributed by atoms with Crippen molar-refractivity contribution in [2.24, 2.45) is 0 Å². The SMILES string of the molecule is CCCNC(CCC)C(CC)Oc1ccc(C)cc1. The number of hydrogen-bond donors (Lipinski definition) is 1. The standard InChI is InChI=1S/C17H29NO/c1-5-8-16(18-13-6-2)17(7-3)19-15-11-9-14(4)10-12-15/h9-12,16-18H,5-8,13H2,1-4H3. The highest BCUT2D eigenvalue weighted by atomic mass is 16.5. The lowest BCUT2D eigenvalue weighted by molar-refractivity contribution is 0.142. The number of rotatable bonds is 9. The van der Waals surface area contributed by atoms with Gasteiger partial charge in [0.1, 0.15) is 11.9 Å². The van der Waals surface area contributed by atoms with Crippen molar-refractivity contribution in [1.29, 1.82) is 0 Å². The number of aryl methyl sites for hydroxylation is 1. The maximum atomic E-state index is 6.17. The Hall–Kier alpha value is -1.02. The van der Waals surface area contributed by atoms with Crippen LogP contribution in [0.5, 0.6) is 5.75 Å². The van der Waals surface area contributed by atoms with Crippen LogP contribution in [0.1, 0.15) is 52.0 Å². The van der Waals surface area contributed by atoms with Crippen molar-refractivity contribution in [3.63, 3.8) is 0 Å². The molecule has 19 heavy (non-hydrogen) atoms. The molecule has 1 aromatic rings. The molecule has 0 bridgehead atoms. The van der Waals surface area contributed by atoms with Gasteiger partial charge in [-0.05, 0) is 44.9 Å². The normalized spacial score (nSPS) is 14.1. The highest BCUT2D eigenvalue weighted by Crippen LogP contribution is 2.18. The van der Waals surface area contributed by atoms with Gasteiger partial charge in [-0.2, -0.15) is 0 Å². The van der Waals surface area contributed by atoms with Crippen molar-refractivity contribution in [3.05, 3.63) is 29.8 Å². The second kappa shape index (κ2) is 8.98. The minimum atomic E-state index is 0.259. The number of ether oxygens (including phenoxy) is 1. The van der Waals surface area contributed by atoms with Crippen LogP contribution in [-0.2, 0) is 0 Å². The third kappa shape index (κ3) is 5.65. The van der Waals surface area contributed by atoms with Crippen LogP contribution >= 0.6 is 0 Å². The molecule has 0 saturated carbocycles. The zero-order valence-corrected chi connectivity index (χ0v) is 12.9. The van der Waals surface area contributed by atoms with E-state index in [1.165, 1.54) is 24.8 Å². The van der Waals surface area contributed by atoms with E-state index in [-0.39, 0.29) is 6.10 Å². The van der Waals surface area contributed by atoms with Crippen LogP contribution in [0.15, 0.2) is 24.3 Å². The van der Waals surface area contributed by atoms with Crippen LogP contribution in [0.3, 0.4) is 0 Å². The predicted molar refractivity (Wildman–Crippen MR) is 82.9 cm³/mol. The molecular formula is C17H29NO. The van der Waals surface area contributed by atoms with Crippen molar-refractivity contribution in [1.82, 2.24) is 5.32 Å². The first-order valence-electron chi connectivity index (χ1n) is 7.67. The minimum Gasteiger partial charge on any atom is -0.489 e. The average Bonchev–Trinajstić information content (AvgIpc) is 2.43. The molecular weight excluding hydrogens is 234 g/mol.